The number of nitrogens with zero attached hydrogens (tertiary/aromatic N) is 2. The second kappa shape index (κ2) is 8.11. The van der Waals surface area contributed by atoms with Crippen molar-refractivity contribution in [1.29, 1.82) is 0 Å². The van der Waals surface area contributed by atoms with Crippen LogP contribution in [0, 0.1) is 0 Å². The first-order valence-corrected chi connectivity index (χ1v) is 8.91. The molecule has 5 nitrogen and oxygen atoms in total. The van der Waals surface area contributed by atoms with Crippen molar-refractivity contribution >= 4 is 11.6 Å². The van der Waals surface area contributed by atoms with Gasteiger partial charge in [0.1, 0.15) is 0 Å². The van der Waals surface area contributed by atoms with Gasteiger partial charge in [0, 0.05) is 24.0 Å². The minimum Gasteiger partial charge on any atom is -0.326 e. The molecule has 0 amide bonds. The quantitative estimate of drug-likeness (QED) is 0.818. The van der Waals surface area contributed by atoms with Crippen LogP contribution in [0.25, 0.3) is 0 Å². The SMILES string of the molecule is CCCCc1cc(=O)[nH]c(Nc2ccc(CN3CCCC3)cc2)n1. The Morgan fingerprint density at radius 1 is 1.21 bits per heavy atom. The van der Waals surface area contributed by atoms with Gasteiger partial charge in [-0.25, -0.2) is 4.98 Å². The number of H-pyrrole nitrogens is 1. The Morgan fingerprint density at radius 3 is 2.67 bits per heavy atom. The monoisotopic (exact) mass is 326 g/mol. The lowest BCUT2D eigenvalue weighted by atomic mass is 10.2. The first-order chi connectivity index (χ1) is 11.7. The Morgan fingerprint density at radius 2 is 1.96 bits per heavy atom. The van der Waals surface area contributed by atoms with Crippen LogP contribution in [-0.2, 0) is 13.0 Å². The maximum atomic E-state index is 11.8. The molecule has 1 fully saturated rings. The maximum Gasteiger partial charge on any atom is 0.252 e. The van der Waals surface area contributed by atoms with Gasteiger partial charge in [-0.1, -0.05) is 25.5 Å². The number of unbranched alkanes of at least 4 members (excludes halogenated alkanes) is 1. The predicted octanol–water partition coefficient (Wildman–Crippen LogP) is 3.45. The van der Waals surface area contributed by atoms with Crippen molar-refractivity contribution < 1.29 is 0 Å². The number of hydrogen-bond acceptors (Lipinski definition) is 4. The highest BCUT2D eigenvalue weighted by Crippen LogP contribution is 2.17. The molecule has 1 aliphatic heterocycles. The molecule has 24 heavy (non-hydrogen) atoms. The van der Waals surface area contributed by atoms with Crippen LogP contribution >= 0.6 is 0 Å². The highest BCUT2D eigenvalue weighted by atomic mass is 16.1. The van der Waals surface area contributed by atoms with E-state index in [-0.39, 0.29) is 5.56 Å². The number of nitrogens with one attached hydrogen (secondary N) is 2. The van der Waals surface area contributed by atoms with Gasteiger partial charge in [0.05, 0.1) is 0 Å². The van der Waals surface area contributed by atoms with Crippen LogP contribution in [0.4, 0.5) is 11.6 Å². The summed E-state index contributed by atoms with van der Waals surface area (Å²) in [6.45, 7) is 5.56. The highest BCUT2D eigenvalue weighted by molar-refractivity contribution is 5.53. The smallest absolute Gasteiger partial charge is 0.252 e. The summed E-state index contributed by atoms with van der Waals surface area (Å²) >= 11 is 0. The topological polar surface area (TPSA) is 61.0 Å². The van der Waals surface area contributed by atoms with Crippen molar-refractivity contribution in [2.24, 2.45) is 0 Å². The molecule has 0 atom stereocenters. The minimum absolute atomic E-state index is 0.107. The number of rotatable bonds is 7. The second-order valence-corrected chi connectivity index (χ2v) is 6.49. The first-order valence-electron chi connectivity index (χ1n) is 8.91. The lowest BCUT2D eigenvalue weighted by Gasteiger charge is -2.15. The summed E-state index contributed by atoms with van der Waals surface area (Å²) in [6.07, 6.45) is 5.60. The molecule has 1 aromatic carbocycles. The maximum absolute atomic E-state index is 11.8. The average Bonchev–Trinajstić information content (AvgIpc) is 3.07. The van der Waals surface area contributed by atoms with Gasteiger partial charge in [-0.15, -0.1) is 0 Å². The number of hydrogen-bond donors (Lipinski definition) is 2. The van der Waals surface area contributed by atoms with E-state index in [4.69, 9.17) is 0 Å². The van der Waals surface area contributed by atoms with E-state index >= 15 is 0 Å². The van der Waals surface area contributed by atoms with Gasteiger partial charge in [0.15, 0.2) is 0 Å². The van der Waals surface area contributed by atoms with Crippen molar-refractivity contribution in [1.82, 2.24) is 14.9 Å². The van der Waals surface area contributed by atoms with E-state index in [0.29, 0.717) is 5.95 Å². The lowest BCUT2D eigenvalue weighted by Crippen LogP contribution is -2.18. The number of benzene rings is 1. The van der Waals surface area contributed by atoms with Gasteiger partial charge in [0.2, 0.25) is 5.95 Å². The molecule has 0 spiro atoms. The summed E-state index contributed by atoms with van der Waals surface area (Å²) in [4.78, 5) is 21.5. The zero-order valence-corrected chi connectivity index (χ0v) is 14.3. The van der Waals surface area contributed by atoms with E-state index in [9.17, 15) is 4.79 Å². The number of anilines is 2. The van der Waals surface area contributed by atoms with E-state index < -0.39 is 0 Å². The molecule has 2 aromatic rings. The van der Waals surface area contributed by atoms with E-state index in [1.807, 2.05) is 12.1 Å². The third-order valence-corrected chi connectivity index (χ3v) is 4.40. The molecule has 0 radical (unpaired) electrons. The molecule has 1 aromatic heterocycles. The molecule has 1 aliphatic rings. The number of aryl methyl sites for hydroxylation is 1. The molecule has 5 heteroatoms. The second-order valence-electron chi connectivity index (χ2n) is 6.49. The lowest BCUT2D eigenvalue weighted by molar-refractivity contribution is 0.331. The Bertz CT molecular complexity index is 702. The van der Waals surface area contributed by atoms with Crippen LogP contribution in [0.5, 0.6) is 0 Å². The summed E-state index contributed by atoms with van der Waals surface area (Å²) < 4.78 is 0. The standard InChI is InChI=1S/C19H26N4O/c1-2-3-6-17-13-18(24)22-19(21-17)20-16-9-7-15(8-10-16)14-23-11-4-5-12-23/h7-10,13H,2-6,11-12,14H2,1H3,(H2,20,21,22,24). The van der Waals surface area contributed by atoms with Crippen LogP contribution in [-0.4, -0.2) is 28.0 Å². The predicted molar refractivity (Wildman–Crippen MR) is 97.7 cm³/mol. The zero-order chi connectivity index (χ0) is 16.8. The number of aromatic amines is 1. The van der Waals surface area contributed by atoms with Gasteiger partial charge in [0.25, 0.3) is 5.56 Å². The zero-order valence-electron chi connectivity index (χ0n) is 14.3. The van der Waals surface area contributed by atoms with Crippen molar-refractivity contribution in [2.45, 2.75) is 45.6 Å². The fourth-order valence-electron chi connectivity index (χ4n) is 3.08. The molecule has 1 saturated heterocycles. The first kappa shape index (κ1) is 16.7. The molecule has 2 N–H and O–H groups in total. The summed E-state index contributed by atoms with van der Waals surface area (Å²) in [6, 6.07) is 9.95. The Labute approximate surface area is 143 Å². The molecule has 2 heterocycles. The molecular formula is C19H26N4O. The third-order valence-electron chi connectivity index (χ3n) is 4.40. The van der Waals surface area contributed by atoms with Gasteiger partial charge >= 0.3 is 0 Å². The molecule has 3 rings (SSSR count). The fraction of sp³-hybridized carbons (Fsp3) is 0.474. The normalized spacial score (nSPS) is 14.9. The van der Waals surface area contributed by atoms with Gasteiger partial charge in [-0.3, -0.25) is 14.7 Å². The van der Waals surface area contributed by atoms with Gasteiger partial charge < -0.3 is 5.32 Å². The van der Waals surface area contributed by atoms with Crippen LogP contribution < -0.4 is 10.9 Å². The van der Waals surface area contributed by atoms with E-state index in [1.165, 1.54) is 31.5 Å². The molecule has 0 bridgehead atoms. The molecule has 0 unspecified atom stereocenters. The van der Waals surface area contributed by atoms with Crippen molar-refractivity contribution in [3.63, 3.8) is 0 Å². The minimum atomic E-state index is -0.107. The Hall–Kier alpha value is -2.14. The molecule has 128 valence electrons. The Balaban J connectivity index is 1.64. The number of aromatic nitrogens is 2. The van der Waals surface area contributed by atoms with Gasteiger partial charge in [-0.05, 0) is 56.5 Å². The molecule has 0 aliphatic carbocycles. The highest BCUT2D eigenvalue weighted by Gasteiger charge is 2.11. The molecule has 0 saturated carbocycles. The van der Waals surface area contributed by atoms with E-state index in [2.05, 4.69) is 39.2 Å². The van der Waals surface area contributed by atoms with Crippen LogP contribution in [0.15, 0.2) is 35.1 Å². The summed E-state index contributed by atoms with van der Waals surface area (Å²) in [5.74, 6) is 0.515. The van der Waals surface area contributed by atoms with Crippen LogP contribution in [0.2, 0.25) is 0 Å². The third kappa shape index (κ3) is 4.68. The van der Waals surface area contributed by atoms with Crippen molar-refractivity contribution in [3.8, 4) is 0 Å². The van der Waals surface area contributed by atoms with Crippen LogP contribution in [0.1, 0.15) is 43.9 Å². The van der Waals surface area contributed by atoms with Crippen molar-refractivity contribution in [2.75, 3.05) is 18.4 Å². The van der Waals surface area contributed by atoms with E-state index in [1.54, 1.807) is 6.07 Å². The molecular weight excluding hydrogens is 300 g/mol. The van der Waals surface area contributed by atoms with Crippen molar-refractivity contribution in [3.05, 3.63) is 51.9 Å². The van der Waals surface area contributed by atoms with Crippen LogP contribution in [0.3, 0.4) is 0 Å². The summed E-state index contributed by atoms with van der Waals surface area (Å²) in [7, 11) is 0. The van der Waals surface area contributed by atoms with Gasteiger partial charge in [-0.2, -0.15) is 0 Å². The summed E-state index contributed by atoms with van der Waals surface area (Å²) in [5, 5.41) is 3.20. The average molecular weight is 326 g/mol. The fourth-order valence-corrected chi connectivity index (χ4v) is 3.08. The van der Waals surface area contributed by atoms with E-state index in [0.717, 1.165) is 37.2 Å². The summed E-state index contributed by atoms with van der Waals surface area (Å²) in [5.41, 5.74) is 2.99. The largest absolute Gasteiger partial charge is 0.326 e. The Kier molecular flexibility index (Phi) is 5.64. The number of likely N-dealkylation sites (tertiary alicyclic amines) is 1.